The van der Waals surface area contributed by atoms with Crippen LogP contribution in [0.4, 0.5) is 0 Å². The summed E-state index contributed by atoms with van der Waals surface area (Å²) in [5.41, 5.74) is 0. The monoisotopic (exact) mass is 545 g/mol. The number of benzene rings is 1. The zero-order chi connectivity index (χ0) is 28.3. The quantitative estimate of drug-likeness (QED) is 0.0839. The van der Waals surface area contributed by atoms with Gasteiger partial charge in [-0.15, -0.1) is 0 Å². The summed E-state index contributed by atoms with van der Waals surface area (Å²) in [5.74, 6) is 1.000. The number of para-hydroxylation sites is 1. The van der Waals surface area contributed by atoms with Crippen molar-refractivity contribution in [3.05, 3.63) is 42.5 Å². The Balaban J connectivity index is 0.000000742. The fourth-order valence-electron chi connectivity index (χ4n) is 4.83. The van der Waals surface area contributed by atoms with Gasteiger partial charge in [-0.05, 0) is 50.7 Å². The van der Waals surface area contributed by atoms with Gasteiger partial charge in [0.1, 0.15) is 5.75 Å². The van der Waals surface area contributed by atoms with Gasteiger partial charge in [0.05, 0.1) is 6.61 Å². The Bertz CT molecular complexity index is 568. The van der Waals surface area contributed by atoms with E-state index in [1.807, 2.05) is 30.3 Å². The second kappa shape index (κ2) is 34.7. The molecule has 0 aliphatic rings. The third kappa shape index (κ3) is 32.8. The minimum atomic E-state index is 0.362. The maximum absolute atomic E-state index is 8.66. The zero-order valence-corrected chi connectivity index (χ0v) is 26.5. The summed E-state index contributed by atoms with van der Waals surface area (Å²) in [4.78, 5) is 0. The van der Waals surface area contributed by atoms with Crippen molar-refractivity contribution < 1.29 is 9.84 Å². The molecular formula is C37H68O2. The lowest BCUT2D eigenvalue weighted by Gasteiger charge is -2.05. The molecule has 0 saturated carbocycles. The summed E-state index contributed by atoms with van der Waals surface area (Å²) in [7, 11) is 0. The highest BCUT2D eigenvalue weighted by molar-refractivity contribution is 5.20. The fraction of sp³-hybridized carbons (Fsp3) is 0.784. The summed E-state index contributed by atoms with van der Waals surface area (Å²) in [6.07, 6.45) is 38.4. The number of rotatable bonds is 28. The van der Waals surface area contributed by atoms with Gasteiger partial charge in [0.25, 0.3) is 0 Å². The molecular weight excluding hydrogens is 476 g/mol. The molecule has 0 saturated heterocycles. The Kier molecular flexibility index (Phi) is 33.6. The van der Waals surface area contributed by atoms with Crippen molar-refractivity contribution in [2.75, 3.05) is 13.2 Å². The molecule has 0 bridgehead atoms. The summed E-state index contributed by atoms with van der Waals surface area (Å²) < 4.78 is 5.69. The molecule has 228 valence electrons. The number of ether oxygens (including phenoxy) is 1. The van der Waals surface area contributed by atoms with Gasteiger partial charge in [-0.25, -0.2) is 0 Å². The minimum Gasteiger partial charge on any atom is -0.494 e. The molecule has 1 N–H and O–H groups in total. The molecule has 0 aliphatic carbocycles. The second-order valence-electron chi connectivity index (χ2n) is 11.4. The highest BCUT2D eigenvalue weighted by atomic mass is 16.5. The van der Waals surface area contributed by atoms with Crippen molar-refractivity contribution in [1.82, 2.24) is 0 Å². The third-order valence-corrected chi connectivity index (χ3v) is 7.43. The number of unbranched alkanes of at least 4 members (excludes halogenated alkanes) is 22. The first-order valence-corrected chi connectivity index (χ1v) is 17.3. The molecule has 39 heavy (non-hydrogen) atoms. The van der Waals surface area contributed by atoms with E-state index in [1.54, 1.807) is 0 Å². The molecule has 0 unspecified atom stereocenters. The van der Waals surface area contributed by atoms with Gasteiger partial charge in [-0.3, -0.25) is 0 Å². The number of hydrogen-bond donors (Lipinski definition) is 1. The van der Waals surface area contributed by atoms with E-state index in [1.165, 1.54) is 154 Å². The van der Waals surface area contributed by atoms with Crippen LogP contribution in [-0.2, 0) is 0 Å². The van der Waals surface area contributed by atoms with Crippen LogP contribution in [0, 0.1) is 0 Å². The maximum Gasteiger partial charge on any atom is 0.119 e. The smallest absolute Gasteiger partial charge is 0.119 e. The SMILES string of the molecule is CCCCCCCC/C=C\CCCCCCCCO.CCCCCCCCCCCCCOc1ccccc1. The normalized spacial score (nSPS) is 11.1. The molecule has 0 heterocycles. The molecule has 0 spiro atoms. The Morgan fingerprint density at radius 3 is 1.31 bits per heavy atom. The van der Waals surface area contributed by atoms with Crippen molar-refractivity contribution in [1.29, 1.82) is 0 Å². The van der Waals surface area contributed by atoms with Crippen LogP contribution >= 0.6 is 0 Å². The lowest BCUT2D eigenvalue weighted by molar-refractivity contribution is 0.282. The molecule has 0 amide bonds. The predicted molar refractivity (Wildman–Crippen MR) is 175 cm³/mol. The Hall–Kier alpha value is -1.28. The van der Waals surface area contributed by atoms with Crippen LogP contribution in [0.2, 0.25) is 0 Å². The molecule has 0 atom stereocenters. The van der Waals surface area contributed by atoms with Crippen LogP contribution in [0.15, 0.2) is 42.5 Å². The number of aliphatic hydroxyl groups excluding tert-OH is 1. The molecule has 1 aromatic rings. The van der Waals surface area contributed by atoms with E-state index in [0.717, 1.165) is 18.8 Å². The summed E-state index contributed by atoms with van der Waals surface area (Å²) in [6, 6.07) is 10.1. The second-order valence-corrected chi connectivity index (χ2v) is 11.4. The van der Waals surface area contributed by atoms with Crippen molar-refractivity contribution in [2.24, 2.45) is 0 Å². The van der Waals surface area contributed by atoms with Crippen molar-refractivity contribution in [2.45, 2.75) is 174 Å². The first-order chi connectivity index (χ1) is 19.3. The summed E-state index contributed by atoms with van der Waals surface area (Å²) >= 11 is 0. The van der Waals surface area contributed by atoms with Crippen LogP contribution in [-0.4, -0.2) is 18.3 Å². The van der Waals surface area contributed by atoms with Gasteiger partial charge in [0.15, 0.2) is 0 Å². The predicted octanol–water partition coefficient (Wildman–Crippen LogP) is 12.4. The number of aliphatic hydroxyl groups is 1. The van der Waals surface area contributed by atoms with Crippen molar-refractivity contribution >= 4 is 0 Å². The zero-order valence-electron chi connectivity index (χ0n) is 26.5. The largest absolute Gasteiger partial charge is 0.494 e. The van der Waals surface area contributed by atoms with Gasteiger partial charge in [-0.2, -0.15) is 0 Å². The first kappa shape index (κ1) is 37.7. The molecule has 2 heteroatoms. The van der Waals surface area contributed by atoms with E-state index >= 15 is 0 Å². The van der Waals surface area contributed by atoms with Crippen molar-refractivity contribution in [3.8, 4) is 5.75 Å². The van der Waals surface area contributed by atoms with Crippen LogP contribution < -0.4 is 4.74 Å². The molecule has 1 rings (SSSR count). The minimum absolute atomic E-state index is 0.362. The number of allylic oxidation sites excluding steroid dienone is 2. The lowest BCUT2D eigenvalue weighted by atomic mass is 10.1. The van der Waals surface area contributed by atoms with Gasteiger partial charge in [-0.1, -0.05) is 166 Å². The van der Waals surface area contributed by atoms with E-state index in [-0.39, 0.29) is 0 Å². The maximum atomic E-state index is 8.66. The van der Waals surface area contributed by atoms with E-state index in [2.05, 4.69) is 26.0 Å². The van der Waals surface area contributed by atoms with E-state index in [4.69, 9.17) is 9.84 Å². The molecule has 0 radical (unpaired) electrons. The summed E-state index contributed by atoms with van der Waals surface area (Å²) in [6.45, 7) is 5.78. The fourth-order valence-corrected chi connectivity index (χ4v) is 4.83. The average Bonchev–Trinajstić information content (AvgIpc) is 2.96. The molecule has 0 aliphatic heterocycles. The van der Waals surface area contributed by atoms with E-state index in [0.29, 0.717) is 6.61 Å². The average molecular weight is 545 g/mol. The number of hydrogen-bond acceptors (Lipinski definition) is 2. The molecule has 0 fully saturated rings. The molecule has 0 aromatic heterocycles. The Morgan fingerprint density at radius 1 is 0.487 bits per heavy atom. The summed E-state index contributed by atoms with van der Waals surface area (Å²) in [5, 5.41) is 8.66. The van der Waals surface area contributed by atoms with E-state index < -0.39 is 0 Å². The lowest BCUT2D eigenvalue weighted by Crippen LogP contribution is -1.96. The first-order valence-electron chi connectivity index (χ1n) is 17.3. The molecule has 1 aromatic carbocycles. The van der Waals surface area contributed by atoms with Gasteiger partial charge >= 0.3 is 0 Å². The van der Waals surface area contributed by atoms with Gasteiger partial charge < -0.3 is 9.84 Å². The highest BCUT2D eigenvalue weighted by Crippen LogP contribution is 2.13. The van der Waals surface area contributed by atoms with E-state index in [9.17, 15) is 0 Å². The van der Waals surface area contributed by atoms with Crippen LogP contribution in [0.5, 0.6) is 5.75 Å². The van der Waals surface area contributed by atoms with Gasteiger partial charge in [0.2, 0.25) is 0 Å². The Labute approximate surface area is 245 Å². The van der Waals surface area contributed by atoms with Gasteiger partial charge in [0, 0.05) is 6.61 Å². The van der Waals surface area contributed by atoms with Crippen LogP contribution in [0.25, 0.3) is 0 Å². The standard InChI is InChI=1S/C19H32O.C18H36O/c1-2-3-4-5-6-7-8-9-10-11-15-18-20-19-16-13-12-14-17-19;1-2-3-4-5-6-7-8-9-10-11-12-13-14-15-16-17-18-19/h12-14,16-17H,2-11,15,18H2,1H3;9-10,19H,2-8,11-18H2,1H3/b;10-9-. The Morgan fingerprint density at radius 2 is 0.872 bits per heavy atom. The van der Waals surface area contributed by atoms with Crippen LogP contribution in [0.3, 0.4) is 0 Å². The topological polar surface area (TPSA) is 29.5 Å². The highest BCUT2D eigenvalue weighted by Gasteiger charge is 1.95. The molecule has 2 nitrogen and oxygen atoms in total. The third-order valence-electron chi connectivity index (χ3n) is 7.43. The van der Waals surface area contributed by atoms with Crippen molar-refractivity contribution in [3.63, 3.8) is 0 Å². The van der Waals surface area contributed by atoms with Crippen LogP contribution in [0.1, 0.15) is 174 Å².